The summed E-state index contributed by atoms with van der Waals surface area (Å²) in [5.74, 6) is 0.600. The van der Waals surface area contributed by atoms with Gasteiger partial charge in [0.2, 0.25) is 5.91 Å². The van der Waals surface area contributed by atoms with E-state index in [9.17, 15) is 4.79 Å². The molecule has 1 aromatic rings. The summed E-state index contributed by atoms with van der Waals surface area (Å²) in [4.78, 5) is 10.9. The van der Waals surface area contributed by atoms with Gasteiger partial charge in [-0.3, -0.25) is 4.79 Å². The van der Waals surface area contributed by atoms with Gasteiger partial charge in [-0.15, -0.1) is 0 Å². The van der Waals surface area contributed by atoms with E-state index in [0.717, 1.165) is 0 Å². The van der Waals surface area contributed by atoms with Gasteiger partial charge in [0.15, 0.2) is 5.76 Å². The van der Waals surface area contributed by atoms with Crippen LogP contribution in [0.4, 0.5) is 5.69 Å². The predicted molar refractivity (Wildman–Crippen MR) is 40.2 cm³/mol. The summed E-state index contributed by atoms with van der Waals surface area (Å²) in [7, 11) is 0. The van der Waals surface area contributed by atoms with Gasteiger partial charge in [-0.05, 0) is 6.92 Å². The number of carbonyl (C=O) groups is 1. The summed E-state index contributed by atoms with van der Waals surface area (Å²) in [5.41, 5.74) is 0.650. The first-order valence-electron chi connectivity index (χ1n) is 3.45. The maximum atomic E-state index is 10.9. The smallest absolute Gasteiger partial charge is 0.224 e. The van der Waals surface area contributed by atoms with E-state index in [4.69, 9.17) is 4.52 Å². The molecule has 0 aliphatic rings. The third-order valence-corrected chi connectivity index (χ3v) is 1.35. The minimum absolute atomic E-state index is 0.0312. The predicted octanol–water partition coefficient (Wildman–Crippen LogP) is 1.33. The van der Waals surface area contributed by atoms with Gasteiger partial charge in [0.1, 0.15) is 5.69 Å². The van der Waals surface area contributed by atoms with Crippen LogP contribution in [0.3, 0.4) is 0 Å². The summed E-state index contributed by atoms with van der Waals surface area (Å²) in [6, 6.07) is 0. The third-order valence-electron chi connectivity index (χ3n) is 1.35. The van der Waals surface area contributed by atoms with Crippen LogP contribution in [-0.2, 0) is 4.79 Å². The van der Waals surface area contributed by atoms with Crippen molar-refractivity contribution in [2.45, 2.75) is 20.3 Å². The third kappa shape index (κ3) is 1.80. The van der Waals surface area contributed by atoms with Gasteiger partial charge in [-0.2, -0.15) is 0 Å². The van der Waals surface area contributed by atoms with E-state index in [1.807, 2.05) is 0 Å². The average Bonchev–Trinajstić information content (AvgIpc) is 2.37. The van der Waals surface area contributed by atoms with E-state index in [1.165, 1.54) is 6.20 Å². The lowest BCUT2D eigenvalue weighted by Gasteiger charge is -1.97. The molecule has 0 aliphatic heterocycles. The number of amides is 1. The van der Waals surface area contributed by atoms with Gasteiger partial charge in [-0.25, -0.2) is 0 Å². The normalized spacial score (nSPS) is 9.64. The van der Waals surface area contributed by atoms with E-state index in [2.05, 4.69) is 10.5 Å². The molecule has 4 heteroatoms. The van der Waals surface area contributed by atoms with E-state index in [0.29, 0.717) is 17.9 Å². The largest absolute Gasteiger partial charge is 0.359 e. The first-order valence-corrected chi connectivity index (χ1v) is 3.45. The van der Waals surface area contributed by atoms with E-state index in [1.54, 1.807) is 13.8 Å². The van der Waals surface area contributed by atoms with Crippen molar-refractivity contribution in [2.75, 3.05) is 5.32 Å². The minimum atomic E-state index is -0.0312. The zero-order valence-electron chi connectivity index (χ0n) is 6.55. The molecule has 11 heavy (non-hydrogen) atoms. The Bertz CT molecular complexity index is 255. The monoisotopic (exact) mass is 154 g/mol. The van der Waals surface area contributed by atoms with Gasteiger partial charge < -0.3 is 9.84 Å². The second-order valence-electron chi connectivity index (χ2n) is 2.20. The number of rotatable bonds is 2. The van der Waals surface area contributed by atoms with Crippen LogP contribution in [0.15, 0.2) is 10.7 Å². The topological polar surface area (TPSA) is 55.1 Å². The lowest BCUT2D eigenvalue weighted by molar-refractivity contribution is -0.115. The molecule has 1 amide bonds. The highest BCUT2D eigenvalue weighted by Gasteiger charge is 2.04. The van der Waals surface area contributed by atoms with Gasteiger partial charge in [0, 0.05) is 6.42 Å². The van der Waals surface area contributed by atoms with Gasteiger partial charge in [0.25, 0.3) is 0 Å². The molecular formula is C7H10N2O2. The molecule has 0 radical (unpaired) electrons. The molecule has 0 saturated heterocycles. The quantitative estimate of drug-likeness (QED) is 0.699. The van der Waals surface area contributed by atoms with Crippen molar-refractivity contribution in [3.05, 3.63) is 12.0 Å². The van der Waals surface area contributed by atoms with Crippen molar-refractivity contribution in [2.24, 2.45) is 0 Å². The van der Waals surface area contributed by atoms with Gasteiger partial charge in [-0.1, -0.05) is 12.1 Å². The van der Waals surface area contributed by atoms with Crippen molar-refractivity contribution in [1.82, 2.24) is 5.16 Å². The molecule has 0 unspecified atom stereocenters. The molecule has 1 aromatic heterocycles. The van der Waals surface area contributed by atoms with Gasteiger partial charge in [0.05, 0.1) is 6.20 Å². The number of nitrogens with zero attached hydrogens (tertiary/aromatic N) is 1. The molecule has 4 nitrogen and oxygen atoms in total. The van der Waals surface area contributed by atoms with E-state index >= 15 is 0 Å². The SMILES string of the molecule is CCC(=O)Nc1cnoc1C. The molecule has 1 heterocycles. The van der Waals surface area contributed by atoms with Crippen LogP contribution in [0, 0.1) is 6.92 Å². The highest BCUT2D eigenvalue weighted by molar-refractivity contribution is 5.90. The molecule has 1 N–H and O–H groups in total. The zero-order chi connectivity index (χ0) is 8.27. The molecule has 0 aliphatic carbocycles. The van der Waals surface area contributed by atoms with Crippen molar-refractivity contribution in [3.8, 4) is 0 Å². The minimum Gasteiger partial charge on any atom is -0.359 e. The Morgan fingerprint density at radius 1 is 1.82 bits per heavy atom. The Balaban J connectivity index is 2.64. The van der Waals surface area contributed by atoms with Crippen LogP contribution < -0.4 is 5.32 Å². The molecule has 0 bridgehead atoms. The number of nitrogens with one attached hydrogen (secondary N) is 1. The van der Waals surface area contributed by atoms with E-state index in [-0.39, 0.29) is 5.91 Å². The van der Waals surface area contributed by atoms with Crippen LogP contribution in [-0.4, -0.2) is 11.1 Å². The summed E-state index contributed by atoms with van der Waals surface area (Å²) >= 11 is 0. The standard InChI is InChI=1S/C7H10N2O2/c1-3-7(10)9-6-4-8-11-5(6)2/h4H,3H2,1-2H3,(H,9,10). The summed E-state index contributed by atoms with van der Waals surface area (Å²) in [5, 5.41) is 6.16. The zero-order valence-corrected chi connectivity index (χ0v) is 6.55. The molecule has 1 rings (SSSR count). The highest BCUT2D eigenvalue weighted by atomic mass is 16.5. The van der Waals surface area contributed by atoms with Crippen LogP contribution in [0.1, 0.15) is 19.1 Å². The number of aromatic nitrogens is 1. The van der Waals surface area contributed by atoms with Crippen LogP contribution in [0.5, 0.6) is 0 Å². The Kier molecular flexibility index (Phi) is 2.25. The number of hydrogen-bond acceptors (Lipinski definition) is 3. The molecular weight excluding hydrogens is 144 g/mol. The maximum absolute atomic E-state index is 10.9. The van der Waals surface area contributed by atoms with Crippen molar-refractivity contribution in [1.29, 1.82) is 0 Å². The Morgan fingerprint density at radius 2 is 2.55 bits per heavy atom. The molecule has 60 valence electrons. The fourth-order valence-electron chi connectivity index (χ4n) is 0.657. The van der Waals surface area contributed by atoms with Crippen LogP contribution >= 0.6 is 0 Å². The van der Waals surface area contributed by atoms with Gasteiger partial charge >= 0.3 is 0 Å². The summed E-state index contributed by atoms with van der Waals surface area (Å²) in [6.45, 7) is 3.54. The first-order chi connectivity index (χ1) is 5.24. The van der Waals surface area contributed by atoms with Crippen molar-refractivity contribution in [3.63, 3.8) is 0 Å². The lowest BCUT2D eigenvalue weighted by atomic mass is 10.4. The Hall–Kier alpha value is -1.32. The highest BCUT2D eigenvalue weighted by Crippen LogP contribution is 2.11. The molecule has 0 fully saturated rings. The van der Waals surface area contributed by atoms with Crippen molar-refractivity contribution >= 4 is 11.6 Å². The summed E-state index contributed by atoms with van der Waals surface area (Å²) < 4.78 is 4.75. The van der Waals surface area contributed by atoms with Crippen molar-refractivity contribution < 1.29 is 9.32 Å². The average molecular weight is 154 g/mol. The first kappa shape index (κ1) is 7.78. The number of aryl methyl sites for hydroxylation is 1. The van der Waals surface area contributed by atoms with E-state index < -0.39 is 0 Å². The molecule has 0 saturated carbocycles. The fraction of sp³-hybridized carbons (Fsp3) is 0.429. The fourth-order valence-corrected chi connectivity index (χ4v) is 0.657. The van der Waals surface area contributed by atoms with Crippen LogP contribution in [0.25, 0.3) is 0 Å². The molecule has 0 spiro atoms. The second-order valence-corrected chi connectivity index (χ2v) is 2.20. The Labute approximate surface area is 64.6 Å². The number of hydrogen-bond donors (Lipinski definition) is 1. The molecule has 0 aromatic carbocycles. The summed E-state index contributed by atoms with van der Waals surface area (Å²) in [6.07, 6.45) is 1.95. The number of anilines is 1. The van der Waals surface area contributed by atoms with Crippen LogP contribution in [0.2, 0.25) is 0 Å². The maximum Gasteiger partial charge on any atom is 0.224 e. The lowest BCUT2D eigenvalue weighted by Crippen LogP contribution is -2.09. The molecule has 0 atom stereocenters. The second kappa shape index (κ2) is 3.18. The Morgan fingerprint density at radius 3 is 3.00 bits per heavy atom. The number of carbonyl (C=O) groups excluding carboxylic acids is 1.